The third-order valence-electron chi connectivity index (χ3n) is 4.59. The van der Waals surface area contributed by atoms with Gasteiger partial charge in [0.1, 0.15) is 19.4 Å². The van der Waals surface area contributed by atoms with Gasteiger partial charge >= 0.3 is 0 Å². The number of hydrogen-bond donors (Lipinski definition) is 0. The molecule has 0 spiro atoms. The zero-order valence-corrected chi connectivity index (χ0v) is 17.2. The Labute approximate surface area is 155 Å². The highest BCUT2D eigenvalue weighted by atomic mass is 31.1. The maximum absolute atomic E-state index is 2.44. The topological polar surface area (TPSA) is 3.88 Å². The van der Waals surface area contributed by atoms with Crippen LogP contribution in [-0.2, 0) is 31.7 Å². The molecule has 3 aromatic rings. The highest BCUT2D eigenvalue weighted by molar-refractivity contribution is 7.36. The third kappa shape index (κ3) is 5.74. The van der Waals surface area contributed by atoms with Gasteiger partial charge in [0.15, 0.2) is 0 Å². The van der Waals surface area contributed by atoms with E-state index >= 15 is 0 Å². The highest BCUT2D eigenvalue weighted by Crippen LogP contribution is 2.25. The predicted molar refractivity (Wildman–Crippen MR) is 115 cm³/mol. The van der Waals surface area contributed by atoms with E-state index in [0.29, 0.717) is 17.2 Å². The fourth-order valence-electron chi connectivity index (χ4n) is 3.09. The van der Waals surface area contributed by atoms with Crippen LogP contribution in [0.3, 0.4) is 0 Å². The SMILES string of the molecule is C[n+]1c(C[PH2+]Cc2ccccc2)cccc1C[PH2+]Cc1ccccc1. The minimum atomic E-state index is 0.424. The molecule has 0 N–H and O–H groups in total. The van der Waals surface area contributed by atoms with Crippen molar-refractivity contribution in [1.82, 2.24) is 0 Å². The molecule has 0 fully saturated rings. The zero-order valence-electron chi connectivity index (χ0n) is 14.9. The molecule has 0 saturated carbocycles. The van der Waals surface area contributed by atoms with Gasteiger partial charge in [0.25, 0.3) is 0 Å². The smallest absolute Gasteiger partial charge is 0.196 e. The van der Waals surface area contributed by atoms with Crippen molar-refractivity contribution >= 4 is 17.2 Å². The van der Waals surface area contributed by atoms with Crippen molar-refractivity contribution in [2.45, 2.75) is 24.6 Å². The summed E-state index contributed by atoms with van der Waals surface area (Å²) in [5, 5.41) is 0. The summed E-state index contributed by atoms with van der Waals surface area (Å²) in [6, 6.07) is 28.6. The molecule has 1 heterocycles. The second kappa shape index (κ2) is 9.81. The highest BCUT2D eigenvalue weighted by Gasteiger charge is 2.16. The molecule has 0 radical (unpaired) electrons. The van der Waals surface area contributed by atoms with Crippen molar-refractivity contribution in [3.05, 3.63) is 101 Å². The lowest BCUT2D eigenvalue weighted by Gasteiger charge is -2.02. The Morgan fingerprint density at radius 2 is 1.00 bits per heavy atom. The van der Waals surface area contributed by atoms with E-state index in [9.17, 15) is 0 Å². The van der Waals surface area contributed by atoms with Crippen LogP contribution in [0.25, 0.3) is 0 Å². The monoisotopic (exact) mass is 368 g/mol. The van der Waals surface area contributed by atoms with Gasteiger partial charge in [-0.3, -0.25) is 0 Å². The molecule has 0 aliphatic carbocycles. The summed E-state index contributed by atoms with van der Waals surface area (Å²) in [7, 11) is 3.09. The van der Waals surface area contributed by atoms with Gasteiger partial charge in [-0.25, -0.2) is 0 Å². The van der Waals surface area contributed by atoms with Gasteiger partial charge in [0.05, 0.1) is 12.3 Å². The fraction of sp³-hybridized carbons (Fsp3) is 0.227. The summed E-state index contributed by atoms with van der Waals surface area (Å²) in [6.45, 7) is 0. The molecule has 0 aliphatic rings. The van der Waals surface area contributed by atoms with Crippen molar-refractivity contribution in [2.75, 3.05) is 0 Å². The first kappa shape index (κ1) is 18.2. The largest absolute Gasteiger partial charge is 0.218 e. The van der Waals surface area contributed by atoms with Crippen LogP contribution < -0.4 is 4.57 Å². The van der Waals surface area contributed by atoms with Crippen molar-refractivity contribution in [3.8, 4) is 0 Å². The number of nitrogens with zero attached hydrogens (tertiary/aromatic N) is 1. The molecule has 128 valence electrons. The summed E-state index contributed by atoms with van der Waals surface area (Å²) < 4.78 is 2.44. The van der Waals surface area contributed by atoms with E-state index in [1.54, 1.807) is 0 Å². The molecule has 0 aliphatic heterocycles. The number of aromatic nitrogens is 1. The van der Waals surface area contributed by atoms with E-state index in [4.69, 9.17) is 0 Å². The first-order valence-electron chi connectivity index (χ1n) is 9.01. The standard InChI is InChI=1S/C22H26NP2/c1-23-21(17-24-15-19-9-4-2-5-10-19)13-8-14-22(23)18-25-16-20-11-6-3-7-12-20/h2-14,24-25H,15-18H2,1H3/q+1/p+2. The first-order chi connectivity index (χ1) is 12.3. The summed E-state index contributed by atoms with van der Waals surface area (Å²) >= 11 is 0. The normalized spacial score (nSPS) is 11.7. The molecule has 2 unspecified atom stereocenters. The lowest BCUT2D eigenvalue weighted by atomic mass is 10.2. The second-order valence-corrected chi connectivity index (χ2v) is 9.22. The Bertz CT molecular complexity index is 709. The molecule has 2 atom stereocenters. The van der Waals surface area contributed by atoms with Crippen LogP contribution in [0.15, 0.2) is 78.9 Å². The van der Waals surface area contributed by atoms with Crippen LogP contribution >= 0.6 is 17.2 Å². The van der Waals surface area contributed by atoms with Crippen molar-refractivity contribution in [2.24, 2.45) is 7.05 Å². The quantitative estimate of drug-likeness (QED) is 0.400. The molecule has 25 heavy (non-hydrogen) atoms. The van der Waals surface area contributed by atoms with Crippen LogP contribution in [0, 0.1) is 0 Å². The molecular weight excluding hydrogens is 340 g/mol. The maximum atomic E-state index is 2.44. The molecule has 1 aromatic heterocycles. The number of benzene rings is 2. The van der Waals surface area contributed by atoms with E-state index in [-0.39, 0.29) is 0 Å². The summed E-state index contributed by atoms with van der Waals surface area (Å²) in [5.41, 5.74) is 5.93. The van der Waals surface area contributed by atoms with Gasteiger partial charge in [-0.05, 0) is 17.2 Å². The number of pyridine rings is 1. The van der Waals surface area contributed by atoms with Crippen LogP contribution in [0.2, 0.25) is 0 Å². The zero-order chi connectivity index (χ0) is 17.3. The van der Waals surface area contributed by atoms with Gasteiger partial charge in [-0.1, -0.05) is 60.7 Å². The van der Waals surface area contributed by atoms with Gasteiger partial charge in [0.2, 0.25) is 11.4 Å². The molecule has 1 nitrogen and oxygen atoms in total. The summed E-state index contributed by atoms with van der Waals surface area (Å²) in [5.74, 6) is 0. The molecule has 0 bridgehead atoms. The predicted octanol–water partition coefficient (Wildman–Crippen LogP) is 4.73. The Kier molecular flexibility index (Phi) is 7.16. The minimum Gasteiger partial charge on any atom is -0.196 e. The van der Waals surface area contributed by atoms with Gasteiger partial charge in [0, 0.05) is 29.3 Å². The molecule has 3 rings (SSSR count). The van der Waals surface area contributed by atoms with Gasteiger partial charge < -0.3 is 0 Å². The Hall–Kier alpha value is -1.55. The van der Waals surface area contributed by atoms with Gasteiger partial charge in [-0.15, -0.1) is 0 Å². The summed E-state index contributed by atoms with van der Waals surface area (Å²) in [6.07, 6.45) is 4.94. The van der Waals surface area contributed by atoms with Crippen molar-refractivity contribution in [3.63, 3.8) is 0 Å². The van der Waals surface area contributed by atoms with Gasteiger partial charge in [-0.2, -0.15) is 4.57 Å². The average Bonchev–Trinajstić information content (AvgIpc) is 2.66. The average molecular weight is 368 g/mol. The molecular formula is C22H28NP2+3. The molecule has 3 heteroatoms. The molecule has 0 amide bonds. The number of hydrogen-bond acceptors (Lipinski definition) is 0. The first-order valence-corrected chi connectivity index (χ1v) is 12.3. The van der Waals surface area contributed by atoms with E-state index in [0.717, 1.165) is 0 Å². The lowest BCUT2D eigenvalue weighted by Crippen LogP contribution is -2.37. The second-order valence-electron chi connectivity index (χ2n) is 6.43. The fourth-order valence-corrected chi connectivity index (χ4v) is 6.00. The number of rotatable bonds is 8. The van der Waals surface area contributed by atoms with E-state index in [1.807, 2.05) is 0 Å². The van der Waals surface area contributed by atoms with Crippen LogP contribution in [-0.4, -0.2) is 0 Å². The Morgan fingerprint density at radius 3 is 1.44 bits per heavy atom. The molecule has 2 aromatic carbocycles. The van der Waals surface area contributed by atoms with E-state index in [2.05, 4.69) is 90.5 Å². The van der Waals surface area contributed by atoms with Crippen LogP contribution in [0.5, 0.6) is 0 Å². The van der Waals surface area contributed by atoms with E-state index < -0.39 is 0 Å². The minimum absolute atomic E-state index is 0.424. The Morgan fingerprint density at radius 1 is 0.560 bits per heavy atom. The Balaban J connectivity index is 1.52. The van der Waals surface area contributed by atoms with E-state index in [1.165, 1.54) is 47.2 Å². The molecule has 0 saturated heterocycles. The van der Waals surface area contributed by atoms with Crippen molar-refractivity contribution < 1.29 is 4.57 Å². The van der Waals surface area contributed by atoms with Crippen molar-refractivity contribution in [1.29, 1.82) is 0 Å². The maximum Gasteiger partial charge on any atom is 0.218 e. The lowest BCUT2D eigenvalue weighted by molar-refractivity contribution is -0.684. The van der Waals surface area contributed by atoms with Crippen LogP contribution in [0.1, 0.15) is 22.5 Å². The summed E-state index contributed by atoms with van der Waals surface area (Å²) in [4.78, 5) is 0. The third-order valence-corrected chi connectivity index (χ3v) is 7.53. The van der Waals surface area contributed by atoms with Crippen LogP contribution in [0.4, 0.5) is 0 Å².